The van der Waals surface area contributed by atoms with E-state index in [1.54, 1.807) is 12.1 Å². The van der Waals surface area contributed by atoms with Crippen LogP contribution >= 0.6 is 0 Å². The van der Waals surface area contributed by atoms with E-state index in [9.17, 15) is 5.11 Å². The van der Waals surface area contributed by atoms with Gasteiger partial charge in [0.1, 0.15) is 0 Å². The number of aromatic hydroxyl groups is 1. The number of nitrogens with two attached hydrogens (primary N) is 2. The monoisotopic (exact) mass is 196 g/mol. The highest BCUT2D eigenvalue weighted by Crippen LogP contribution is 2.30. The van der Waals surface area contributed by atoms with Gasteiger partial charge in [-0.2, -0.15) is 0 Å². The van der Waals surface area contributed by atoms with Crippen molar-refractivity contribution in [3.63, 3.8) is 0 Å². The maximum absolute atomic E-state index is 9.47. The molecule has 0 radical (unpaired) electrons. The van der Waals surface area contributed by atoms with Crippen LogP contribution in [0.4, 0.5) is 0 Å². The molecule has 0 amide bonds. The topological polar surface area (TPSA) is 81.5 Å². The Morgan fingerprint density at radius 3 is 2.64 bits per heavy atom. The van der Waals surface area contributed by atoms with E-state index in [0.29, 0.717) is 12.3 Å². The average Bonchev–Trinajstić information content (AvgIpc) is 2.17. The highest BCUT2D eigenvalue weighted by atomic mass is 16.5. The first-order valence-electron chi connectivity index (χ1n) is 4.43. The van der Waals surface area contributed by atoms with Crippen LogP contribution in [-0.4, -0.2) is 18.8 Å². The molecule has 78 valence electrons. The summed E-state index contributed by atoms with van der Waals surface area (Å²) in [5.41, 5.74) is 13.1. The van der Waals surface area contributed by atoms with E-state index in [0.717, 1.165) is 11.1 Å². The van der Waals surface area contributed by atoms with Gasteiger partial charge in [-0.1, -0.05) is 0 Å². The zero-order chi connectivity index (χ0) is 10.7. The Hall–Kier alpha value is -1.26. The van der Waals surface area contributed by atoms with Gasteiger partial charge in [-0.05, 0) is 30.2 Å². The van der Waals surface area contributed by atoms with Crippen LogP contribution in [0, 0.1) is 6.92 Å². The predicted molar refractivity (Wildman–Crippen MR) is 55.4 cm³/mol. The molecule has 1 rings (SSSR count). The number of hydrogen-bond donors (Lipinski definition) is 3. The Kier molecular flexibility index (Phi) is 3.33. The fraction of sp³-hybridized carbons (Fsp3) is 0.400. The second-order valence-electron chi connectivity index (χ2n) is 3.22. The van der Waals surface area contributed by atoms with Crippen LogP contribution in [-0.2, 0) is 0 Å². The van der Waals surface area contributed by atoms with Crippen LogP contribution in [0.5, 0.6) is 11.5 Å². The lowest BCUT2D eigenvalue weighted by Crippen LogP contribution is -2.21. The van der Waals surface area contributed by atoms with Gasteiger partial charge in [-0.3, -0.25) is 0 Å². The number of ether oxygens (including phenoxy) is 1. The van der Waals surface area contributed by atoms with E-state index in [1.165, 1.54) is 7.11 Å². The SMILES string of the molecule is COc1cc([C@@H](N)CN)c(C)cc1O. The van der Waals surface area contributed by atoms with Crippen molar-refractivity contribution in [3.05, 3.63) is 23.3 Å². The highest BCUT2D eigenvalue weighted by Gasteiger charge is 2.11. The van der Waals surface area contributed by atoms with Crippen LogP contribution < -0.4 is 16.2 Å². The largest absolute Gasteiger partial charge is 0.504 e. The quantitative estimate of drug-likeness (QED) is 0.663. The lowest BCUT2D eigenvalue weighted by atomic mass is 10.0. The smallest absolute Gasteiger partial charge is 0.160 e. The summed E-state index contributed by atoms with van der Waals surface area (Å²) in [4.78, 5) is 0. The minimum absolute atomic E-state index is 0.123. The lowest BCUT2D eigenvalue weighted by Gasteiger charge is -2.14. The summed E-state index contributed by atoms with van der Waals surface area (Å²) in [6.45, 7) is 2.25. The third kappa shape index (κ3) is 1.97. The van der Waals surface area contributed by atoms with Crippen LogP contribution in [0.3, 0.4) is 0 Å². The van der Waals surface area contributed by atoms with E-state index in [1.807, 2.05) is 6.92 Å². The molecule has 1 aromatic rings. The molecule has 0 spiro atoms. The summed E-state index contributed by atoms with van der Waals surface area (Å²) in [6, 6.07) is 3.13. The predicted octanol–water partition coefficient (Wildman–Crippen LogP) is 0.668. The molecule has 0 saturated carbocycles. The van der Waals surface area contributed by atoms with Crippen LogP contribution in [0.25, 0.3) is 0 Å². The van der Waals surface area contributed by atoms with Gasteiger partial charge in [0.05, 0.1) is 7.11 Å². The van der Waals surface area contributed by atoms with Gasteiger partial charge in [0.2, 0.25) is 0 Å². The normalized spacial score (nSPS) is 12.6. The maximum atomic E-state index is 9.47. The molecule has 0 saturated heterocycles. The first-order valence-corrected chi connectivity index (χ1v) is 4.43. The van der Waals surface area contributed by atoms with Crippen molar-refractivity contribution in [2.45, 2.75) is 13.0 Å². The number of rotatable bonds is 3. The molecule has 0 fully saturated rings. The van der Waals surface area contributed by atoms with Gasteiger partial charge in [0.25, 0.3) is 0 Å². The standard InChI is InChI=1S/C10H16N2O2/c1-6-3-9(13)10(14-2)4-7(6)8(12)5-11/h3-4,8,13H,5,11-12H2,1-2H3/t8-/m0/s1. The fourth-order valence-electron chi connectivity index (χ4n) is 1.38. The number of benzene rings is 1. The van der Waals surface area contributed by atoms with Crippen molar-refractivity contribution in [1.82, 2.24) is 0 Å². The molecular weight excluding hydrogens is 180 g/mol. The van der Waals surface area contributed by atoms with Crippen LogP contribution in [0.2, 0.25) is 0 Å². The summed E-state index contributed by atoms with van der Waals surface area (Å²) in [5, 5.41) is 9.47. The van der Waals surface area contributed by atoms with Gasteiger partial charge in [0.15, 0.2) is 11.5 Å². The molecule has 0 heterocycles. The van der Waals surface area contributed by atoms with Crippen LogP contribution in [0.1, 0.15) is 17.2 Å². The first-order chi connectivity index (χ1) is 6.60. The van der Waals surface area contributed by atoms with Crippen molar-refractivity contribution >= 4 is 0 Å². The zero-order valence-corrected chi connectivity index (χ0v) is 8.45. The minimum Gasteiger partial charge on any atom is -0.504 e. The summed E-state index contributed by atoms with van der Waals surface area (Å²) < 4.78 is 4.99. The summed E-state index contributed by atoms with van der Waals surface area (Å²) in [7, 11) is 1.50. The molecule has 14 heavy (non-hydrogen) atoms. The second-order valence-corrected chi connectivity index (χ2v) is 3.22. The Balaban J connectivity index is 3.17. The average molecular weight is 196 g/mol. The summed E-state index contributed by atoms with van der Waals surface area (Å²) >= 11 is 0. The van der Waals surface area contributed by atoms with E-state index in [4.69, 9.17) is 16.2 Å². The summed E-state index contributed by atoms with van der Waals surface area (Å²) in [6.07, 6.45) is 0. The third-order valence-corrected chi connectivity index (χ3v) is 2.22. The van der Waals surface area contributed by atoms with E-state index in [2.05, 4.69) is 0 Å². The molecule has 0 unspecified atom stereocenters. The number of aryl methyl sites for hydroxylation is 1. The first kappa shape index (κ1) is 10.8. The van der Waals surface area contributed by atoms with Gasteiger partial charge in [0, 0.05) is 12.6 Å². The molecule has 1 aromatic carbocycles. The highest BCUT2D eigenvalue weighted by molar-refractivity contribution is 5.47. The molecular formula is C10H16N2O2. The number of methoxy groups -OCH3 is 1. The Labute approximate surface area is 83.5 Å². The zero-order valence-electron chi connectivity index (χ0n) is 8.45. The molecule has 0 aromatic heterocycles. The maximum Gasteiger partial charge on any atom is 0.160 e. The molecule has 1 atom stereocenters. The molecule has 4 heteroatoms. The van der Waals surface area contributed by atoms with Gasteiger partial charge >= 0.3 is 0 Å². The Bertz CT molecular complexity index is 326. The Morgan fingerprint density at radius 2 is 2.14 bits per heavy atom. The Morgan fingerprint density at radius 1 is 1.50 bits per heavy atom. The molecule has 4 nitrogen and oxygen atoms in total. The van der Waals surface area contributed by atoms with Gasteiger partial charge in [-0.15, -0.1) is 0 Å². The van der Waals surface area contributed by atoms with Crippen LogP contribution in [0.15, 0.2) is 12.1 Å². The number of phenolic OH excluding ortho intramolecular Hbond substituents is 1. The summed E-state index contributed by atoms with van der Waals surface area (Å²) in [5.74, 6) is 0.549. The minimum atomic E-state index is -0.218. The van der Waals surface area contributed by atoms with Crippen molar-refractivity contribution < 1.29 is 9.84 Å². The van der Waals surface area contributed by atoms with Crippen molar-refractivity contribution in [3.8, 4) is 11.5 Å². The van der Waals surface area contributed by atoms with E-state index in [-0.39, 0.29) is 11.8 Å². The third-order valence-electron chi connectivity index (χ3n) is 2.22. The molecule has 5 N–H and O–H groups in total. The second kappa shape index (κ2) is 4.30. The molecule has 0 aliphatic carbocycles. The van der Waals surface area contributed by atoms with Crippen molar-refractivity contribution in [2.24, 2.45) is 11.5 Å². The molecule has 0 aliphatic heterocycles. The molecule has 0 aliphatic rings. The van der Waals surface area contributed by atoms with E-state index < -0.39 is 0 Å². The van der Waals surface area contributed by atoms with Gasteiger partial charge in [-0.25, -0.2) is 0 Å². The van der Waals surface area contributed by atoms with Crippen molar-refractivity contribution in [1.29, 1.82) is 0 Å². The number of hydrogen-bond acceptors (Lipinski definition) is 4. The van der Waals surface area contributed by atoms with E-state index >= 15 is 0 Å². The lowest BCUT2D eigenvalue weighted by molar-refractivity contribution is 0.372. The van der Waals surface area contributed by atoms with Crippen molar-refractivity contribution in [2.75, 3.05) is 13.7 Å². The van der Waals surface area contributed by atoms with Gasteiger partial charge < -0.3 is 21.3 Å². The molecule has 0 bridgehead atoms. The fourth-order valence-corrected chi connectivity index (χ4v) is 1.38. The number of phenols is 1.